The van der Waals surface area contributed by atoms with Crippen LogP contribution in [0.2, 0.25) is 5.02 Å². The highest BCUT2D eigenvalue weighted by atomic mass is 35.5. The topological polar surface area (TPSA) is 40.5 Å². The van der Waals surface area contributed by atoms with Gasteiger partial charge in [-0.1, -0.05) is 11.6 Å². The van der Waals surface area contributed by atoms with E-state index >= 15 is 0 Å². The van der Waals surface area contributed by atoms with Gasteiger partial charge in [0.2, 0.25) is 0 Å². The lowest BCUT2D eigenvalue weighted by molar-refractivity contribution is 0.0697. The first-order chi connectivity index (χ1) is 7.63. The van der Waals surface area contributed by atoms with Crippen molar-refractivity contribution >= 4 is 23.3 Å². The Morgan fingerprint density at radius 2 is 2.25 bits per heavy atom. The molecule has 0 saturated heterocycles. The molecule has 0 spiro atoms. The Kier molecular flexibility index (Phi) is 3.06. The Morgan fingerprint density at radius 1 is 1.56 bits per heavy atom. The van der Waals surface area contributed by atoms with Gasteiger partial charge in [-0.3, -0.25) is 0 Å². The molecule has 1 aromatic rings. The summed E-state index contributed by atoms with van der Waals surface area (Å²) in [6, 6.07) is 5.76. The zero-order chi connectivity index (χ0) is 11.7. The summed E-state index contributed by atoms with van der Waals surface area (Å²) in [5.74, 6) is -0.981. The normalized spacial score (nSPS) is 14.9. The molecule has 3 nitrogen and oxygen atoms in total. The Morgan fingerprint density at radius 3 is 2.69 bits per heavy atom. The predicted molar refractivity (Wildman–Crippen MR) is 64.5 cm³/mol. The van der Waals surface area contributed by atoms with E-state index in [0.717, 1.165) is 12.2 Å². The molecule has 0 atom stereocenters. The molecule has 1 aliphatic carbocycles. The molecule has 0 bridgehead atoms. The van der Waals surface area contributed by atoms with Gasteiger partial charge >= 0.3 is 5.97 Å². The van der Waals surface area contributed by atoms with Crippen molar-refractivity contribution in [2.24, 2.45) is 0 Å². The Balaban J connectivity index is 2.28. The third-order valence-electron chi connectivity index (χ3n) is 2.84. The molecule has 0 heterocycles. The number of hydrogen-bond acceptors (Lipinski definition) is 2. The molecule has 1 saturated carbocycles. The van der Waals surface area contributed by atoms with E-state index in [1.165, 1.54) is 12.8 Å². The van der Waals surface area contributed by atoms with Gasteiger partial charge in [-0.25, -0.2) is 4.79 Å². The van der Waals surface area contributed by atoms with E-state index < -0.39 is 5.97 Å². The minimum Gasteiger partial charge on any atom is -0.478 e. The van der Waals surface area contributed by atoms with Crippen LogP contribution in [0.5, 0.6) is 0 Å². The molecule has 86 valence electrons. The van der Waals surface area contributed by atoms with E-state index in [9.17, 15) is 4.79 Å². The van der Waals surface area contributed by atoms with E-state index in [1.54, 1.807) is 12.1 Å². The SMILES string of the molecule is CCN(c1ccc(C(=O)O)c(Cl)c1)C1CC1. The summed E-state index contributed by atoms with van der Waals surface area (Å²) >= 11 is 5.94. The van der Waals surface area contributed by atoms with E-state index in [1.807, 2.05) is 6.07 Å². The number of benzene rings is 1. The predicted octanol–water partition coefficient (Wildman–Crippen LogP) is 3.03. The molecule has 0 aromatic heterocycles. The quantitative estimate of drug-likeness (QED) is 0.878. The molecule has 4 heteroatoms. The minimum absolute atomic E-state index is 0.164. The molecule has 1 aliphatic rings. The van der Waals surface area contributed by atoms with Crippen molar-refractivity contribution in [3.8, 4) is 0 Å². The van der Waals surface area contributed by atoms with Crippen LogP contribution in [0.4, 0.5) is 5.69 Å². The van der Waals surface area contributed by atoms with Crippen molar-refractivity contribution in [2.45, 2.75) is 25.8 Å². The standard InChI is InChI=1S/C12H14ClNO2/c1-2-14(8-3-4-8)9-5-6-10(12(15)16)11(13)7-9/h5-8H,2-4H2,1H3,(H,15,16). The summed E-state index contributed by atoms with van der Waals surface area (Å²) in [5, 5.41) is 9.19. The van der Waals surface area contributed by atoms with Crippen LogP contribution in [0.15, 0.2) is 18.2 Å². The molecular weight excluding hydrogens is 226 g/mol. The number of nitrogens with zero attached hydrogens (tertiary/aromatic N) is 1. The van der Waals surface area contributed by atoms with Crippen molar-refractivity contribution in [1.82, 2.24) is 0 Å². The van der Waals surface area contributed by atoms with E-state index in [-0.39, 0.29) is 5.56 Å². The Labute approximate surface area is 99.6 Å². The third kappa shape index (κ3) is 2.14. The number of rotatable bonds is 4. The summed E-state index contributed by atoms with van der Waals surface area (Å²) in [7, 11) is 0. The molecule has 0 aliphatic heterocycles. The maximum Gasteiger partial charge on any atom is 0.337 e. The molecule has 0 amide bonds. The molecule has 1 aromatic carbocycles. The lowest BCUT2D eigenvalue weighted by atomic mass is 10.2. The van der Waals surface area contributed by atoms with E-state index in [0.29, 0.717) is 11.1 Å². The van der Waals surface area contributed by atoms with Crippen LogP contribution >= 0.6 is 11.6 Å². The Hall–Kier alpha value is -1.22. The highest BCUT2D eigenvalue weighted by Crippen LogP contribution is 2.33. The average Bonchev–Trinajstić information content (AvgIpc) is 3.02. The van der Waals surface area contributed by atoms with Gasteiger partial charge < -0.3 is 10.0 Å². The largest absolute Gasteiger partial charge is 0.478 e. The highest BCUT2D eigenvalue weighted by Gasteiger charge is 2.28. The van der Waals surface area contributed by atoms with Gasteiger partial charge in [0.05, 0.1) is 10.6 Å². The summed E-state index contributed by atoms with van der Waals surface area (Å²) in [4.78, 5) is 13.1. The fourth-order valence-corrected chi connectivity index (χ4v) is 2.15. The molecule has 1 N–H and O–H groups in total. The highest BCUT2D eigenvalue weighted by molar-refractivity contribution is 6.33. The number of carboxylic acid groups (broad SMARTS) is 1. The van der Waals surface area contributed by atoms with Crippen molar-refractivity contribution in [3.05, 3.63) is 28.8 Å². The molecule has 1 fully saturated rings. The van der Waals surface area contributed by atoms with Gasteiger partial charge in [-0.15, -0.1) is 0 Å². The summed E-state index contributed by atoms with van der Waals surface area (Å²) < 4.78 is 0. The maximum atomic E-state index is 10.8. The number of carboxylic acids is 1. The zero-order valence-electron chi connectivity index (χ0n) is 9.11. The molecular formula is C12H14ClNO2. The first-order valence-corrected chi connectivity index (χ1v) is 5.80. The summed E-state index contributed by atoms with van der Waals surface area (Å²) in [6.45, 7) is 3.02. The van der Waals surface area contributed by atoms with Gasteiger partial charge in [0.25, 0.3) is 0 Å². The van der Waals surface area contributed by atoms with Crippen LogP contribution in [0, 0.1) is 0 Å². The second kappa shape index (κ2) is 4.34. The summed E-state index contributed by atoms with van der Waals surface area (Å²) in [6.07, 6.45) is 2.43. The average molecular weight is 240 g/mol. The lowest BCUT2D eigenvalue weighted by Crippen LogP contribution is -2.24. The van der Waals surface area contributed by atoms with Gasteiger partial charge in [-0.05, 0) is 38.0 Å². The fourth-order valence-electron chi connectivity index (χ4n) is 1.89. The molecule has 0 unspecified atom stereocenters. The minimum atomic E-state index is -0.981. The number of hydrogen-bond donors (Lipinski definition) is 1. The van der Waals surface area contributed by atoms with Gasteiger partial charge in [-0.2, -0.15) is 0 Å². The van der Waals surface area contributed by atoms with Crippen LogP contribution in [-0.2, 0) is 0 Å². The third-order valence-corrected chi connectivity index (χ3v) is 3.16. The van der Waals surface area contributed by atoms with E-state index in [2.05, 4.69) is 11.8 Å². The van der Waals surface area contributed by atoms with Crippen LogP contribution in [0.3, 0.4) is 0 Å². The van der Waals surface area contributed by atoms with Crippen LogP contribution < -0.4 is 4.90 Å². The molecule has 16 heavy (non-hydrogen) atoms. The fraction of sp³-hybridized carbons (Fsp3) is 0.417. The van der Waals surface area contributed by atoms with Crippen molar-refractivity contribution < 1.29 is 9.90 Å². The van der Waals surface area contributed by atoms with Gasteiger partial charge in [0.15, 0.2) is 0 Å². The second-order valence-electron chi connectivity index (χ2n) is 3.99. The van der Waals surface area contributed by atoms with Crippen molar-refractivity contribution in [3.63, 3.8) is 0 Å². The zero-order valence-corrected chi connectivity index (χ0v) is 9.87. The number of carbonyl (C=O) groups is 1. The summed E-state index contributed by atoms with van der Waals surface area (Å²) in [5.41, 5.74) is 1.18. The number of anilines is 1. The second-order valence-corrected chi connectivity index (χ2v) is 4.39. The van der Waals surface area contributed by atoms with Crippen molar-refractivity contribution in [2.75, 3.05) is 11.4 Å². The molecule has 2 rings (SSSR count). The number of aromatic carboxylic acids is 1. The van der Waals surface area contributed by atoms with Crippen LogP contribution in [0.25, 0.3) is 0 Å². The van der Waals surface area contributed by atoms with Crippen LogP contribution in [0.1, 0.15) is 30.1 Å². The first-order valence-electron chi connectivity index (χ1n) is 5.43. The number of halogens is 1. The smallest absolute Gasteiger partial charge is 0.337 e. The monoisotopic (exact) mass is 239 g/mol. The maximum absolute atomic E-state index is 10.8. The van der Waals surface area contributed by atoms with Crippen LogP contribution in [-0.4, -0.2) is 23.7 Å². The lowest BCUT2D eigenvalue weighted by Gasteiger charge is -2.23. The van der Waals surface area contributed by atoms with Crippen molar-refractivity contribution in [1.29, 1.82) is 0 Å². The Bertz CT molecular complexity index is 415. The van der Waals surface area contributed by atoms with Gasteiger partial charge in [0.1, 0.15) is 0 Å². The van der Waals surface area contributed by atoms with Gasteiger partial charge in [0, 0.05) is 18.3 Å². The molecule has 0 radical (unpaired) electrons. The van der Waals surface area contributed by atoms with E-state index in [4.69, 9.17) is 16.7 Å². The first kappa shape index (κ1) is 11.3.